The van der Waals surface area contributed by atoms with E-state index in [4.69, 9.17) is 4.74 Å². The van der Waals surface area contributed by atoms with E-state index in [9.17, 15) is 9.65 Å². The molecule has 3 rings (SSSR count). The fourth-order valence-corrected chi connectivity index (χ4v) is 2.29. The first-order valence-electron chi connectivity index (χ1n) is 7.46. The quantitative estimate of drug-likeness (QED) is 0.485. The molecule has 3 heteroatoms. The smallest absolute Gasteiger partial charge is 0.148 e. The van der Waals surface area contributed by atoms with Gasteiger partial charge in [-0.05, 0) is 23.8 Å². The highest BCUT2D eigenvalue weighted by Crippen LogP contribution is 2.27. The van der Waals surface area contributed by atoms with Crippen LogP contribution in [0.4, 0.5) is 4.39 Å². The molecule has 0 aromatic heterocycles. The van der Waals surface area contributed by atoms with Crippen LogP contribution in [0.3, 0.4) is 0 Å². The van der Waals surface area contributed by atoms with Crippen molar-refractivity contribution in [3.63, 3.8) is 0 Å². The first-order valence-corrected chi connectivity index (χ1v) is 7.46. The van der Waals surface area contributed by atoms with Gasteiger partial charge in [0.1, 0.15) is 29.0 Å². The third kappa shape index (κ3) is 3.50. The number of hydrogen-bond acceptors (Lipinski definition) is 2. The Morgan fingerprint density at radius 2 is 1.54 bits per heavy atom. The van der Waals surface area contributed by atoms with Crippen molar-refractivity contribution in [2.75, 3.05) is 0 Å². The van der Waals surface area contributed by atoms with Gasteiger partial charge in [0.05, 0.1) is 0 Å². The van der Waals surface area contributed by atoms with Crippen LogP contribution in [-0.4, -0.2) is 0 Å². The van der Waals surface area contributed by atoms with Crippen molar-refractivity contribution < 1.29 is 9.13 Å². The molecule has 0 atom stereocenters. The number of nitrogens with zero attached hydrogens (tertiary/aromatic N) is 1. The molecule has 0 heterocycles. The minimum Gasteiger partial charge on any atom is -0.455 e. The molecule has 0 radical (unpaired) electrons. The third-order valence-corrected chi connectivity index (χ3v) is 3.46. The maximum Gasteiger partial charge on any atom is 0.148 e. The van der Waals surface area contributed by atoms with Crippen LogP contribution in [0.5, 0.6) is 5.75 Å². The van der Waals surface area contributed by atoms with E-state index in [1.54, 1.807) is 6.07 Å². The van der Waals surface area contributed by atoms with Gasteiger partial charge < -0.3 is 4.74 Å². The van der Waals surface area contributed by atoms with Gasteiger partial charge in [-0.15, -0.1) is 0 Å². The molecule has 116 valence electrons. The lowest BCUT2D eigenvalue weighted by atomic mass is 10.1. The summed E-state index contributed by atoms with van der Waals surface area (Å²) in [7, 11) is 0. The molecule has 0 fully saturated rings. The molecule has 0 aliphatic carbocycles. The second-order valence-electron chi connectivity index (χ2n) is 5.11. The van der Waals surface area contributed by atoms with E-state index in [1.165, 1.54) is 12.1 Å². The number of halogens is 1. The minimum atomic E-state index is -0.595. The van der Waals surface area contributed by atoms with E-state index >= 15 is 0 Å². The van der Waals surface area contributed by atoms with Crippen molar-refractivity contribution >= 4 is 11.8 Å². The normalized spacial score (nSPS) is 10.9. The van der Waals surface area contributed by atoms with E-state index in [0.29, 0.717) is 5.76 Å². The Morgan fingerprint density at radius 3 is 2.21 bits per heavy atom. The molecular weight excluding hydrogens is 301 g/mol. The summed E-state index contributed by atoms with van der Waals surface area (Å²) in [6, 6.07) is 25.4. The van der Waals surface area contributed by atoms with Crippen LogP contribution in [0.2, 0.25) is 0 Å². The van der Waals surface area contributed by atoms with E-state index in [2.05, 4.69) is 0 Å². The summed E-state index contributed by atoms with van der Waals surface area (Å²) in [6.07, 6.45) is 1.86. The molecule has 0 aliphatic rings. The highest BCUT2D eigenvalue weighted by molar-refractivity contribution is 5.78. The fourth-order valence-electron chi connectivity index (χ4n) is 2.29. The van der Waals surface area contributed by atoms with Crippen LogP contribution in [0, 0.1) is 17.1 Å². The second kappa shape index (κ2) is 7.26. The van der Waals surface area contributed by atoms with E-state index in [0.717, 1.165) is 11.1 Å². The van der Waals surface area contributed by atoms with Crippen LogP contribution in [0.1, 0.15) is 16.7 Å². The standard InChI is InChI=1S/C21H14FNO/c22-19-12-7-13-20(18(19)15-23)24-21(17-10-5-2-6-11-17)14-16-8-3-1-4-9-16/h1-14H/b21-14+. The molecule has 2 nitrogen and oxygen atoms in total. The summed E-state index contributed by atoms with van der Waals surface area (Å²) in [5, 5.41) is 9.18. The third-order valence-electron chi connectivity index (χ3n) is 3.46. The number of nitriles is 1. The predicted molar refractivity (Wildman–Crippen MR) is 92.5 cm³/mol. The molecule has 0 saturated heterocycles. The van der Waals surface area contributed by atoms with E-state index in [-0.39, 0.29) is 11.3 Å². The summed E-state index contributed by atoms with van der Waals surface area (Å²) in [5.74, 6) is 0.148. The lowest BCUT2D eigenvalue weighted by molar-refractivity contribution is 0.507. The molecule has 3 aromatic rings. The van der Waals surface area contributed by atoms with Gasteiger partial charge in [-0.3, -0.25) is 0 Å². The number of rotatable bonds is 4. The maximum absolute atomic E-state index is 13.8. The zero-order chi connectivity index (χ0) is 16.8. The van der Waals surface area contributed by atoms with Crippen LogP contribution in [0.25, 0.3) is 11.8 Å². The van der Waals surface area contributed by atoms with Crippen LogP contribution in [-0.2, 0) is 0 Å². The molecule has 24 heavy (non-hydrogen) atoms. The molecule has 3 aromatic carbocycles. The summed E-state index contributed by atoms with van der Waals surface area (Å²) in [5.41, 5.74) is 1.69. The molecule has 0 amide bonds. The van der Waals surface area contributed by atoms with Crippen molar-refractivity contribution in [3.8, 4) is 11.8 Å². The van der Waals surface area contributed by atoms with E-state index < -0.39 is 5.82 Å². The lowest BCUT2D eigenvalue weighted by Gasteiger charge is -2.12. The first kappa shape index (κ1) is 15.5. The van der Waals surface area contributed by atoms with Crippen molar-refractivity contribution in [2.45, 2.75) is 0 Å². The van der Waals surface area contributed by atoms with Crippen molar-refractivity contribution in [3.05, 3.63) is 101 Å². The molecule has 0 spiro atoms. The Hall–Kier alpha value is -3.38. The summed E-state index contributed by atoms with van der Waals surface area (Å²) < 4.78 is 19.7. The number of hydrogen-bond donors (Lipinski definition) is 0. The molecule has 0 bridgehead atoms. The van der Waals surface area contributed by atoms with Gasteiger partial charge in [0, 0.05) is 5.56 Å². The van der Waals surface area contributed by atoms with Gasteiger partial charge in [0.15, 0.2) is 0 Å². The Balaban J connectivity index is 2.06. The summed E-state index contributed by atoms with van der Waals surface area (Å²) >= 11 is 0. The van der Waals surface area contributed by atoms with Gasteiger partial charge in [-0.2, -0.15) is 5.26 Å². The largest absolute Gasteiger partial charge is 0.455 e. The predicted octanol–water partition coefficient (Wildman–Crippen LogP) is 5.27. The van der Waals surface area contributed by atoms with Gasteiger partial charge in [-0.1, -0.05) is 66.7 Å². The molecule has 0 N–H and O–H groups in total. The van der Waals surface area contributed by atoms with Crippen molar-refractivity contribution in [2.24, 2.45) is 0 Å². The Labute approximate surface area is 140 Å². The van der Waals surface area contributed by atoms with Gasteiger partial charge in [0.2, 0.25) is 0 Å². The first-order chi connectivity index (χ1) is 11.8. The Kier molecular flexibility index (Phi) is 4.69. The molecule has 0 unspecified atom stereocenters. The van der Waals surface area contributed by atoms with Crippen LogP contribution in [0.15, 0.2) is 78.9 Å². The average molecular weight is 315 g/mol. The molecule has 0 aliphatic heterocycles. The molecular formula is C21H14FNO. The topological polar surface area (TPSA) is 33.0 Å². The summed E-state index contributed by atoms with van der Waals surface area (Å²) in [6.45, 7) is 0. The van der Waals surface area contributed by atoms with Gasteiger partial charge in [-0.25, -0.2) is 4.39 Å². The fraction of sp³-hybridized carbons (Fsp3) is 0. The number of benzene rings is 3. The van der Waals surface area contributed by atoms with Crippen LogP contribution >= 0.6 is 0 Å². The monoisotopic (exact) mass is 315 g/mol. The lowest BCUT2D eigenvalue weighted by Crippen LogP contribution is -1.98. The van der Waals surface area contributed by atoms with Gasteiger partial charge in [0.25, 0.3) is 0 Å². The SMILES string of the molecule is N#Cc1c(F)cccc1O/C(=C/c1ccccc1)c1ccccc1. The minimum absolute atomic E-state index is 0.104. The van der Waals surface area contributed by atoms with E-state index in [1.807, 2.05) is 72.8 Å². The zero-order valence-corrected chi connectivity index (χ0v) is 12.8. The summed E-state index contributed by atoms with van der Waals surface area (Å²) in [4.78, 5) is 0. The van der Waals surface area contributed by atoms with Crippen LogP contribution < -0.4 is 4.74 Å². The average Bonchev–Trinajstić information content (AvgIpc) is 2.63. The molecule has 0 saturated carbocycles. The van der Waals surface area contributed by atoms with Gasteiger partial charge >= 0.3 is 0 Å². The second-order valence-corrected chi connectivity index (χ2v) is 5.11. The van der Waals surface area contributed by atoms with Crippen molar-refractivity contribution in [1.82, 2.24) is 0 Å². The van der Waals surface area contributed by atoms with Crippen molar-refractivity contribution in [1.29, 1.82) is 5.26 Å². The highest BCUT2D eigenvalue weighted by atomic mass is 19.1. The highest BCUT2D eigenvalue weighted by Gasteiger charge is 2.12. The zero-order valence-electron chi connectivity index (χ0n) is 12.8. The Bertz CT molecular complexity index is 896. The Morgan fingerprint density at radius 1 is 0.875 bits per heavy atom. The number of ether oxygens (including phenoxy) is 1. The maximum atomic E-state index is 13.8.